The third-order valence-corrected chi connectivity index (χ3v) is 1.35. The maximum atomic E-state index is 10.3. The van der Waals surface area contributed by atoms with Crippen molar-refractivity contribution in [1.29, 1.82) is 0 Å². The Balaban J connectivity index is 0. The number of nitrogens with one attached hydrogen (secondary N) is 1. The van der Waals surface area contributed by atoms with Crippen LogP contribution in [0.3, 0.4) is 0 Å². The van der Waals surface area contributed by atoms with Crippen LogP contribution in [0.4, 0.5) is 0 Å². The summed E-state index contributed by atoms with van der Waals surface area (Å²) in [4.78, 5) is 10.3. The zero-order valence-corrected chi connectivity index (χ0v) is 10.2. The zero-order chi connectivity index (χ0) is 13.4. The molecule has 0 heterocycles. The molecular formula is C7H18N2O6S. The van der Waals surface area contributed by atoms with Gasteiger partial charge in [0.1, 0.15) is 0 Å². The van der Waals surface area contributed by atoms with Crippen LogP contribution < -0.4 is 5.43 Å². The summed E-state index contributed by atoms with van der Waals surface area (Å²) in [5.41, 5.74) is 3.01. The summed E-state index contributed by atoms with van der Waals surface area (Å²) < 4.78 is 31.6. The van der Waals surface area contributed by atoms with Crippen molar-refractivity contribution in [3.05, 3.63) is 0 Å². The Labute approximate surface area is 94.8 Å². The van der Waals surface area contributed by atoms with Crippen LogP contribution in [0, 0.1) is 0 Å². The number of carboxylic acids is 1. The molecule has 0 aliphatic rings. The topological polar surface area (TPSA) is 127 Å². The molecule has 1 unspecified atom stereocenters. The fraction of sp³-hybridized carbons (Fsp3) is 0.857. The molecule has 0 aromatic carbocycles. The molecule has 4 N–H and O–H groups in total. The third kappa shape index (κ3) is 23.2. The molecule has 0 bridgehead atoms. The summed E-state index contributed by atoms with van der Waals surface area (Å²) in [7, 11) is -0.963. The van der Waals surface area contributed by atoms with Crippen LogP contribution in [0.15, 0.2) is 0 Å². The monoisotopic (exact) mass is 258 g/mol. The Bertz CT molecular complexity index is 281. The van der Waals surface area contributed by atoms with Crippen molar-refractivity contribution in [2.45, 2.75) is 25.8 Å². The highest BCUT2D eigenvalue weighted by Gasteiger charge is 2.10. The summed E-state index contributed by atoms with van der Waals surface area (Å²) >= 11 is 0. The third-order valence-electron chi connectivity index (χ3n) is 1.35. The lowest BCUT2D eigenvalue weighted by Crippen LogP contribution is -2.40. The second-order valence-electron chi connectivity index (χ2n) is 3.17. The van der Waals surface area contributed by atoms with Crippen molar-refractivity contribution in [3.63, 3.8) is 0 Å². The van der Waals surface area contributed by atoms with Crippen molar-refractivity contribution >= 4 is 16.4 Å². The number of aliphatic carboxylic acids is 1. The molecular weight excluding hydrogens is 240 g/mol. The minimum absolute atomic E-state index is 0.0440. The fourth-order valence-corrected chi connectivity index (χ4v) is 0.857. The molecule has 0 saturated heterocycles. The van der Waals surface area contributed by atoms with Gasteiger partial charge >= 0.3 is 16.4 Å². The van der Waals surface area contributed by atoms with Crippen LogP contribution >= 0.6 is 0 Å². The first kappa shape index (κ1) is 17.6. The standard InChI is InChI=1S/C7H16N2O2.H2O4S/c1-4-6(5-7(10)11)8-9(2)3;1-5(2,3)4/h6,8H,4-5H2,1-3H3,(H,10,11);(H2,1,2,3,4). The van der Waals surface area contributed by atoms with Crippen molar-refractivity contribution in [2.24, 2.45) is 0 Å². The summed E-state index contributed by atoms with van der Waals surface area (Å²) in [6.07, 6.45) is 0.999. The molecule has 0 aliphatic heterocycles. The largest absolute Gasteiger partial charge is 0.481 e. The van der Waals surface area contributed by atoms with Crippen LogP contribution in [-0.4, -0.2) is 53.7 Å². The van der Waals surface area contributed by atoms with E-state index >= 15 is 0 Å². The number of hydrazine groups is 1. The Hall–Kier alpha value is -0.740. The van der Waals surface area contributed by atoms with E-state index in [0.717, 1.165) is 6.42 Å². The number of rotatable bonds is 5. The van der Waals surface area contributed by atoms with E-state index in [1.54, 1.807) is 5.01 Å². The molecule has 0 fully saturated rings. The van der Waals surface area contributed by atoms with Crippen molar-refractivity contribution in [1.82, 2.24) is 10.4 Å². The van der Waals surface area contributed by atoms with Gasteiger partial charge in [-0.05, 0) is 6.42 Å². The molecule has 0 spiro atoms. The number of hydrogen-bond acceptors (Lipinski definition) is 5. The van der Waals surface area contributed by atoms with Gasteiger partial charge in [0.15, 0.2) is 0 Å². The zero-order valence-electron chi connectivity index (χ0n) is 9.41. The summed E-state index contributed by atoms with van der Waals surface area (Å²) in [5.74, 6) is -0.758. The van der Waals surface area contributed by atoms with E-state index in [-0.39, 0.29) is 12.5 Å². The van der Waals surface area contributed by atoms with E-state index in [2.05, 4.69) is 5.43 Å². The summed E-state index contributed by atoms with van der Waals surface area (Å²) in [6, 6.07) is 0.0440. The Morgan fingerprint density at radius 3 is 1.94 bits per heavy atom. The molecule has 16 heavy (non-hydrogen) atoms. The lowest BCUT2D eigenvalue weighted by atomic mass is 10.2. The van der Waals surface area contributed by atoms with E-state index in [4.69, 9.17) is 22.6 Å². The van der Waals surface area contributed by atoms with Gasteiger partial charge in [-0.1, -0.05) is 6.92 Å². The van der Waals surface area contributed by atoms with Gasteiger partial charge in [-0.3, -0.25) is 24.3 Å². The molecule has 1 atom stereocenters. The highest BCUT2D eigenvalue weighted by molar-refractivity contribution is 7.79. The van der Waals surface area contributed by atoms with Crippen molar-refractivity contribution in [2.75, 3.05) is 14.1 Å². The van der Waals surface area contributed by atoms with Gasteiger partial charge in [0, 0.05) is 20.1 Å². The first-order valence-corrected chi connectivity index (χ1v) is 5.81. The average molecular weight is 258 g/mol. The summed E-state index contributed by atoms with van der Waals surface area (Å²) in [5, 5.41) is 10.2. The Morgan fingerprint density at radius 2 is 1.75 bits per heavy atom. The van der Waals surface area contributed by atoms with E-state index in [1.807, 2.05) is 21.0 Å². The predicted molar refractivity (Wildman–Crippen MR) is 57.3 cm³/mol. The number of carbonyl (C=O) groups is 1. The number of hydrogen-bond donors (Lipinski definition) is 4. The van der Waals surface area contributed by atoms with Crippen LogP contribution in [0.1, 0.15) is 19.8 Å². The maximum absolute atomic E-state index is 10.3. The molecule has 0 aromatic heterocycles. The first-order chi connectivity index (χ1) is 7.06. The molecule has 8 nitrogen and oxygen atoms in total. The van der Waals surface area contributed by atoms with Crippen LogP contribution in [-0.2, 0) is 15.2 Å². The predicted octanol–water partition coefficient (Wildman–Crippen LogP) is -0.347. The second kappa shape index (κ2) is 8.42. The molecule has 98 valence electrons. The molecule has 0 saturated carbocycles. The van der Waals surface area contributed by atoms with Gasteiger partial charge in [-0.2, -0.15) is 8.42 Å². The highest BCUT2D eigenvalue weighted by atomic mass is 32.3. The lowest BCUT2D eigenvalue weighted by Gasteiger charge is -2.19. The molecule has 0 amide bonds. The van der Waals surface area contributed by atoms with Crippen molar-refractivity contribution < 1.29 is 27.4 Å². The van der Waals surface area contributed by atoms with Crippen LogP contribution in [0.2, 0.25) is 0 Å². The summed E-state index contributed by atoms with van der Waals surface area (Å²) in [6.45, 7) is 1.96. The Morgan fingerprint density at radius 1 is 1.38 bits per heavy atom. The van der Waals surface area contributed by atoms with Crippen molar-refractivity contribution in [3.8, 4) is 0 Å². The number of carboxylic acid groups (broad SMARTS) is 1. The second-order valence-corrected chi connectivity index (χ2v) is 4.07. The van der Waals surface area contributed by atoms with Gasteiger partial charge in [0.2, 0.25) is 0 Å². The van der Waals surface area contributed by atoms with Crippen LogP contribution in [0.25, 0.3) is 0 Å². The van der Waals surface area contributed by atoms with Gasteiger partial charge in [-0.15, -0.1) is 0 Å². The van der Waals surface area contributed by atoms with Crippen LogP contribution in [0.5, 0.6) is 0 Å². The SMILES string of the molecule is CCC(CC(=O)O)NN(C)C.O=S(=O)(O)O. The average Bonchev–Trinajstić information content (AvgIpc) is 1.97. The lowest BCUT2D eigenvalue weighted by molar-refractivity contribution is -0.137. The molecule has 0 aromatic rings. The minimum Gasteiger partial charge on any atom is -0.481 e. The molecule has 9 heteroatoms. The van der Waals surface area contributed by atoms with Gasteiger partial charge in [-0.25, -0.2) is 0 Å². The highest BCUT2D eigenvalue weighted by Crippen LogP contribution is 1.96. The van der Waals surface area contributed by atoms with Gasteiger partial charge in [0.05, 0.1) is 6.42 Å². The quantitative estimate of drug-likeness (QED) is 0.389. The Kier molecular flexibility index (Phi) is 9.28. The molecule has 0 radical (unpaired) electrons. The van der Waals surface area contributed by atoms with Gasteiger partial charge in [0.25, 0.3) is 0 Å². The van der Waals surface area contributed by atoms with E-state index < -0.39 is 16.4 Å². The minimum atomic E-state index is -4.67. The van der Waals surface area contributed by atoms with E-state index in [9.17, 15) is 4.79 Å². The van der Waals surface area contributed by atoms with E-state index in [0.29, 0.717) is 0 Å². The molecule has 0 aliphatic carbocycles. The van der Waals surface area contributed by atoms with Gasteiger partial charge < -0.3 is 5.11 Å². The first-order valence-electron chi connectivity index (χ1n) is 4.41. The number of nitrogens with zero attached hydrogens (tertiary/aromatic N) is 1. The normalized spacial score (nSPS) is 12.9. The fourth-order valence-electron chi connectivity index (χ4n) is 0.857. The maximum Gasteiger partial charge on any atom is 0.394 e. The smallest absolute Gasteiger partial charge is 0.394 e. The van der Waals surface area contributed by atoms with E-state index in [1.165, 1.54) is 0 Å². The molecule has 0 rings (SSSR count).